The largest absolute Gasteiger partial charge is 0.488 e. The maximum atomic E-state index is 6.06. The van der Waals surface area contributed by atoms with Crippen LogP contribution in [0, 0.1) is 0 Å². The highest BCUT2D eigenvalue weighted by atomic mass is 16.5. The summed E-state index contributed by atoms with van der Waals surface area (Å²) in [5.74, 6) is 3.11. The molecule has 0 amide bonds. The molecule has 36 heavy (non-hydrogen) atoms. The number of anilines is 2. The fourth-order valence-electron chi connectivity index (χ4n) is 4.05. The lowest BCUT2D eigenvalue weighted by atomic mass is 9.98. The first-order valence-corrected chi connectivity index (χ1v) is 12.2. The van der Waals surface area contributed by atoms with Gasteiger partial charge in [-0.25, -0.2) is 15.0 Å². The van der Waals surface area contributed by atoms with Crippen LogP contribution < -0.4 is 19.5 Å². The lowest BCUT2D eigenvalue weighted by Gasteiger charge is -2.22. The number of nitrogens with one attached hydrogen (secondary N) is 1. The molecule has 3 aromatic heterocycles. The van der Waals surface area contributed by atoms with Crippen molar-refractivity contribution in [3.05, 3.63) is 67.3 Å². The molecule has 1 aromatic carbocycles. The van der Waals surface area contributed by atoms with Crippen molar-refractivity contribution in [2.24, 2.45) is 0 Å². The number of nitrogens with zero attached hydrogens (tertiary/aromatic N) is 5. The van der Waals surface area contributed by atoms with Crippen molar-refractivity contribution < 1.29 is 14.2 Å². The lowest BCUT2D eigenvalue weighted by molar-refractivity contribution is 0.148. The van der Waals surface area contributed by atoms with Crippen LogP contribution in [0.15, 0.2) is 67.3 Å². The Morgan fingerprint density at radius 1 is 0.944 bits per heavy atom. The minimum absolute atomic E-state index is 0.217. The predicted octanol–water partition coefficient (Wildman–Crippen LogP) is 5.97. The van der Waals surface area contributed by atoms with Crippen LogP contribution in [0.25, 0.3) is 11.3 Å². The maximum absolute atomic E-state index is 6.06. The summed E-state index contributed by atoms with van der Waals surface area (Å²) in [5, 5.41) is 3.13. The first kappa shape index (κ1) is 23.5. The Hall–Kier alpha value is -4.27. The Morgan fingerprint density at radius 2 is 1.86 bits per heavy atom. The number of rotatable bonds is 9. The predicted molar refractivity (Wildman–Crippen MR) is 136 cm³/mol. The van der Waals surface area contributed by atoms with Gasteiger partial charge in [0.05, 0.1) is 24.7 Å². The quantitative estimate of drug-likeness (QED) is 0.307. The number of ether oxygens (including phenoxy) is 3. The van der Waals surface area contributed by atoms with E-state index in [1.54, 1.807) is 30.9 Å². The van der Waals surface area contributed by atoms with Gasteiger partial charge in [0.2, 0.25) is 11.8 Å². The van der Waals surface area contributed by atoms with Gasteiger partial charge in [-0.1, -0.05) is 18.6 Å². The topological polar surface area (TPSA) is 104 Å². The maximum Gasteiger partial charge on any atom is 0.262 e. The summed E-state index contributed by atoms with van der Waals surface area (Å²) in [6.45, 7) is 2.44. The second-order valence-electron chi connectivity index (χ2n) is 8.38. The summed E-state index contributed by atoms with van der Waals surface area (Å²) >= 11 is 0. The highest BCUT2D eigenvalue weighted by molar-refractivity contribution is 5.63. The molecule has 0 atom stereocenters. The summed E-state index contributed by atoms with van der Waals surface area (Å²) in [4.78, 5) is 22.1. The Kier molecular flexibility index (Phi) is 7.46. The number of hydrogen-bond donors (Lipinski definition) is 1. The lowest BCUT2D eigenvalue weighted by Crippen LogP contribution is -2.20. The molecular weight excluding hydrogens is 456 g/mol. The zero-order valence-electron chi connectivity index (χ0n) is 20.1. The zero-order chi connectivity index (χ0) is 24.6. The molecule has 9 heteroatoms. The molecule has 1 aliphatic rings. The van der Waals surface area contributed by atoms with Crippen LogP contribution in [-0.4, -0.2) is 37.6 Å². The zero-order valence-corrected chi connectivity index (χ0v) is 20.1. The molecule has 0 radical (unpaired) electrons. The van der Waals surface area contributed by atoms with Gasteiger partial charge in [-0.05, 0) is 56.9 Å². The first-order valence-electron chi connectivity index (χ1n) is 12.2. The van der Waals surface area contributed by atoms with Gasteiger partial charge in [0, 0.05) is 24.0 Å². The van der Waals surface area contributed by atoms with Gasteiger partial charge in [-0.3, -0.25) is 4.98 Å². The van der Waals surface area contributed by atoms with Crippen LogP contribution in [-0.2, 0) is 0 Å². The number of aromatic nitrogens is 5. The number of pyridine rings is 1. The van der Waals surface area contributed by atoms with Crippen molar-refractivity contribution >= 4 is 11.8 Å². The molecule has 184 valence electrons. The van der Waals surface area contributed by atoms with Crippen molar-refractivity contribution in [1.82, 2.24) is 24.9 Å². The van der Waals surface area contributed by atoms with Crippen LogP contribution in [0.2, 0.25) is 0 Å². The molecule has 0 spiro atoms. The summed E-state index contributed by atoms with van der Waals surface area (Å²) < 4.78 is 17.7. The molecule has 0 aliphatic heterocycles. The van der Waals surface area contributed by atoms with E-state index in [4.69, 9.17) is 14.2 Å². The van der Waals surface area contributed by atoms with E-state index in [1.807, 2.05) is 43.3 Å². The number of hydrogen-bond acceptors (Lipinski definition) is 9. The fourth-order valence-corrected chi connectivity index (χ4v) is 4.05. The number of benzene rings is 1. The van der Waals surface area contributed by atoms with Gasteiger partial charge in [-0.15, -0.1) is 0 Å². The van der Waals surface area contributed by atoms with Gasteiger partial charge < -0.3 is 19.5 Å². The Morgan fingerprint density at radius 3 is 2.75 bits per heavy atom. The third-order valence-electron chi connectivity index (χ3n) is 5.72. The molecule has 0 saturated heterocycles. The molecule has 5 rings (SSSR count). The monoisotopic (exact) mass is 484 g/mol. The minimum Gasteiger partial charge on any atom is -0.488 e. The van der Waals surface area contributed by atoms with E-state index >= 15 is 0 Å². The van der Waals surface area contributed by atoms with E-state index in [0.717, 1.165) is 18.4 Å². The molecule has 9 nitrogen and oxygen atoms in total. The van der Waals surface area contributed by atoms with Crippen LogP contribution in [0.1, 0.15) is 39.0 Å². The van der Waals surface area contributed by atoms with Gasteiger partial charge in [0.25, 0.3) is 5.88 Å². The summed E-state index contributed by atoms with van der Waals surface area (Å²) in [5.41, 5.74) is 1.51. The average molecular weight is 485 g/mol. The highest BCUT2D eigenvalue weighted by Gasteiger charge is 2.16. The van der Waals surface area contributed by atoms with E-state index in [2.05, 4.69) is 30.2 Å². The first-order chi connectivity index (χ1) is 17.8. The molecular formula is C27H28N6O3. The third-order valence-corrected chi connectivity index (χ3v) is 5.72. The average Bonchev–Trinajstić information content (AvgIpc) is 2.91. The SMILES string of the molecule is CCOc1cccnc1Oc1cccc(-c2cncc(Nc3nccc(OC4CCCCC4)n3)n2)c1. The van der Waals surface area contributed by atoms with Gasteiger partial charge in [0.1, 0.15) is 11.9 Å². The van der Waals surface area contributed by atoms with E-state index in [9.17, 15) is 0 Å². The smallest absolute Gasteiger partial charge is 0.262 e. The molecule has 1 fully saturated rings. The normalized spacial score (nSPS) is 13.7. The van der Waals surface area contributed by atoms with Gasteiger partial charge in [-0.2, -0.15) is 4.98 Å². The van der Waals surface area contributed by atoms with Gasteiger partial charge >= 0.3 is 0 Å². The summed E-state index contributed by atoms with van der Waals surface area (Å²) in [6, 6.07) is 13.0. The van der Waals surface area contributed by atoms with Crippen molar-refractivity contribution in [2.75, 3.05) is 11.9 Å². The van der Waals surface area contributed by atoms with Crippen molar-refractivity contribution in [3.63, 3.8) is 0 Å². The minimum atomic E-state index is 0.217. The molecule has 0 unspecified atom stereocenters. The van der Waals surface area contributed by atoms with Crippen LogP contribution >= 0.6 is 0 Å². The van der Waals surface area contributed by atoms with Crippen LogP contribution in [0.4, 0.5) is 11.8 Å². The summed E-state index contributed by atoms with van der Waals surface area (Å²) in [7, 11) is 0. The third kappa shape index (κ3) is 6.04. The van der Waals surface area contributed by atoms with E-state index in [1.165, 1.54) is 19.3 Å². The Bertz CT molecular complexity index is 1300. The highest BCUT2D eigenvalue weighted by Crippen LogP contribution is 2.31. The Labute approximate surface area is 210 Å². The molecule has 1 aliphatic carbocycles. The van der Waals surface area contributed by atoms with Crippen LogP contribution in [0.5, 0.6) is 23.3 Å². The van der Waals surface area contributed by atoms with E-state index in [0.29, 0.717) is 47.3 Å². The van der Waals surface area contributed by atoms with Crippen LogP contribution in [0.3, 0.4) is 0 Å². The van der Waals surface area contributed by atoms with Gasteiger partial charge in [0.15, 0.2) is 11.6 Å². The standard InChI is InChI=1S/C27H28N6O3/c1-2-34-23-12-7-14-29-26(23)36-21-11-6-8-19(16-21)22-17-28-18-24(31-22)32-27-30-15-13-25(33-27)35-20-9-4-3-5-10-20/h6-8,11-18,20H,2-5,9-10H2,1H3,(H,30,31,32,33). The molecule has 3 heterocycles. The second-order valence-corrected chi connectivity index (χ2v) is 8.38. The molecule has 0 bridgehead atoms. The van der Waals surface area contributed by atoms with Crippen molar-refractivity contribution in [2.45, 2.75) is 45.1 Å². The molecule has 1 saturated carbocycles. The van der Waals surface area contributed by atoms with Crippen molar-refractivity contribution in [1.29, 1.82) is 0 Å². The fraction of sp³-hybridized carbons (Fsp3) is 0.296. The van der Waals surface area contributed by atoms with Crippen molar-refractivity contribution in [3.8, 4) is 34.5 Å². The second kappa shape index (κ2) is 11.4. The molecule has 1 N–H and O–H groups in total. The van der Waals surface area contributed by atoms with E-state index in [-0.39, 0.29) is 6.10 Å². The Balaban J connectivity index is 1.30. The molecule has 4 aromatic rings. The van der Waals surface area contributed by atoms with E-state index < -0.39 is 0 Å². The summed E-state index contributed by atoms with van der Waals surface area (Å²) in [6.07, 6.45) is 12.7.